The van der Waals surface area contributed by atoms with Crippen LogP contribution >= 0.6 is 0 Å². The summed E-state index contributed by atoms with van der Waals surface area (Å²) in [7, 11) is 9.43. The maximum Gasteiger partial charge on any atom is 0.0943 e. The molecule has 5 aromatic heterocycles. The molecular formula is C39H89N11. The predicted octanol–water partition coefficient (Wildman–Crippen LogP) is 11.8. The van der Waals surface area contributed by atoms with Gasteiger partial charge in [0, 0.05) is 78.6 Å². The van der Waals surface area contributed by atoms with Crippen molar-refractivity contribution in [2.45, 2.75) is 138 Å². The van der Waals surface area contributed by atoms with Gasteiger partial charge in [0.2, 0.25) is 0 Å². The molecule has 11 nitrogen and oxygen atoms in total. The Morgan fingerprint density at radius 1 is 0.340 bits per heavy atom. The minimum absolute atomic E-state index is 1.50. The monoisotopic (exact) mass is 712 g/mol. The van der Waals surface area contributed by atoms with Crippen LogP contribution in [0.2, 0.25) is 0 Å². The van der Waals surface area contributed by atoms with E-state index in [0.29, 0.717) is 0 Å². The van der Waals surface area contributed by atoms with Crippen LogP contribution in [0.5, 0.6) is 0 Å². The average Bonchev–Trinajstić information content (AvgIpc) is 4.10. The Hall–Kier alpha value is -4.02. The van der Waals surface area contributed by atoms with Crippen LogP contribution < -0.4 is 0 Å². The normalized spacial score (nSPS) is 6.50. The van der Waals surface area contributed by atoms with Gasteiger partial charge in [0.1, 0.15) is 0 Å². The number of aromatic nitrogens is 11. The van der Waals surface area contributed by atoms with Crippen molar-refractivity contribution in [2.75, 3.05) is 0 Å². The molecule has 0 saturated heterocycles. The van der Waals surface area contributed by atoms with Gasteiger partial charge in [0.15, 0.2) is 0 Å². The first kappa shape index (κ1) is 71.9. The molecule has 5 rings (SSSR count). The van der Waals surface area contributed by atoms with E-state index in [0.717, 1.165) is 0 Å². The predicted molar refractivity (Wildman–Crippen MR) is 227 cm³/mol. The molecule has 0 aromatic carbocycles. The van der Waals surface area contributed by atoms with E-state index in [1.807, 2.05) is 219 Å². The van der Waals surface area contributed by atoms with Crippen LogP contribution in [0.15, 0.2) is 86.5 Å². The summed E-state index contributed by atoms with van der Waals surface area (Å²) >= 11 is 0. The maximum absolute atomic E-state index is 3.83. The smallest absolute Gasteiger partial charge is 0.0943 e. The minimum Gasteiger partial charge on any atom is -0.357 e. The van der Waals surface area contributed by atoms with E-state index >= 15 is 0 Å². The first-order valence-corrected chi connectivity index (χ1v) is 19.0. The highest BCUT2D eigenvalue weighted by Crippen LogP contribution is 1.80. The van der Waals surface area contributed by atoms with Gasteiger partial charge in [0.05, 0.1) is 24.9 Å². The Morgan fingerprint density at radius 2 is 0.760 bits per heavy atom. The largest absolute Gasteiger partial charge is 0.357 e. The van der Waals surface area contributed by atoms with Gasteiger partial charge >= 0.3 is 0 Å². The number of rotatable bonds is 0. The lowest BCUT2D eigenvalue weighted by molar-refractivity contribution is 0.654. The average molecular weight is 712 g/mol. The second-order valence-electron chi connectivity index (χ2n) is 5.85. The summed E-state index contributed by atoms with van der Waals surface area (Å²) in [6.07, 6.45) is 19.7. The van der Waals surface area contributed by atoms with Gasteiger partial charge in [-0.2, -0.15) is 20.1 Å². The number of hydrogen-bond acceptors (Lipinski definition) is 6. The van der Waals surface area contributed by atoms with Crippen LogP contribution in [-0.2, 0) is 35.2 Å². The lowest BCUT2D eigenvalue weighted by Gasteiger charge is -1.79. The molecule has 0 atom stereocenters. The molecule has 300 valence electrons. The Labute approximate surface area is 313 Å². The zero-order valence-corrected chi connectivity index (χ0v) is 38.0. The van der Waals surface area contributed by atoms with Crippen LogP contribution in [0.4, 0.5) is 0 Å². The molecule has 0 spiro atoms. The third-order valence-electron chi connectivity index (χ3n) is 3.10. The Balaban J connectivity index is -0.0000000445. The Morgan fingerprint density at radius 3 is 0.860 bits per heavy atom. The maximum atomic E-state index is 3.83. The number of aryl methyl sites for hydroxylation is 5. The van der Waals surface area contributed by atoms with Crippen molar-refractivity contribution in [2.24, 2.45) is 35.2 Å². The number of imidazole rings is 1. The van der Waals surface area contributed by atoms with Gasteiger partial charge in [-0.05, 0) is 18.2 Å². The standard InChI is InChI=1S/C5H7N.2C4H6N2.2C3H5N3.10C2H6/c1-6-4-2-3-5-6;1-6-3-2-5-4-6;1-6-4-2-3-5-6;1-6-3-2-4-5-6;1-6-4-2-3-5-6;10*1-2/h2-5H,1H3;2*2-4H,1H3;2*2-3H,1H3;10*1-2H3. The van der Waals surface area contributed by atoms with Gasteiger partial charge < -0.3 is 9.13 Å². The lowest BCUT2D eigenvalue weighted by atomic mass is 10.7. The van der Waals surface area contributed by atoms with Gasteiger partial charge in [-0.15, -0.1) is 5.10 Å². The lowest BCUT2D eigenvalue weighted by Crippen LogP contribution is -1.89. The van der Waals surface area contributed by atoms with E-state index in [4.69, 9.17) is 0 Å². The van der Waals surface area contributed by atoms with E-state index in [1.54, 1.807) is 59.9 Å². The quantitative estimate of drug-likeness (QED) is 0.158. The van der Waals surface area contributed by atoms with Crippen molar-refractivity contribution >= 4 is 0 Å². The minimum atomic E-state index is 1.50. The van der Waals surface area contributed by atoms with Crippen LogP contribution in [0.25, 0.3) is 0 Å². The van der Waals surface area contributed by atoms with Crippen LogP contribution in [0, 0.1) is 0 Å². The van der Waals surface area contributed by atoms with Gasteiger partial charge in [-0.3, -0.25) is 9.36 Å². The summed E-state index contributed by atoms with van der Waals surface area (Å²) in [6.45, 7) is 40.0. The Bertz CT molecular complexity index is 743. The molecule has 0 aliphatic rings. The van der Waals surface area contributed by atoms with E-state index in [-0.39, 0.29) is 0 Å². The van der Waals surface area contributed by atoms with Crippen molar-refractivity contribution in [1.29, 1.82) is 0 Å². The SMILES string of the molecule is CC.CC.CC.CC.CC.CC.CC.CC.CC.CC.Cn1cccc1.Cn1cccn1.Cn1ccnc1.Cn1ccnn1.Cn1nccn1. The van der Waals surface area contributed by atoms with Crippen molar-refractivity contribution in [3.8, 4) is 0 Å². The molecule has 0 radical (unpaired) electrons. The van der Waals surface area contributed by atoms with Crippen molar-refractivity contribution in [3.63, 3.8) is 0 Å². The summed E-state index contributed by atoms with van der Waals surface area (Å²) in [5, 5.41) is 18.4. The van der Waals surface area contributed by atoms with Crippen LogP contribution in [0.1, 0.15) is 138 Å². The highest BCUT2D eigenvalue weighted by Gasteiger charge is 1.72. The molecular weight excluding hydrogens is 623 g/mol. The molecule has 0 aliphatic heterocycles. The van der Waals surface area contributed by atoms with E-state index in [1.165, 1.54) is 4.80 Å². The molecule has 11 heteroatoms. The summed E-state index contributed by atoms with van der Waals surface area (Å²) in [4.78, 5) is 5.28. The molecule has 0 aliphatic carbocycles. The van der Waals surface area contributed by atoms with E-state index in [2.05, 4.69) is 30.6 Å². The number of nitrogens with zero attached hydrogens (tertiary/aromatic N) is 11. The molecule has 50 heavy (non-hydrogen) atoms. The fourth-order valence-electron chi connectivity index (χ4n) is 1.64. The zero-order valence-electron chi connectivity index (χ0n) is 38.0. The Kier molecular flexibility index (Phi) is 130. The van der Waals surface area contributed by atoms with Gasteiger partial charge in [-0.1, -0.05) is 144 Å². The van der Waals surface area contributed by atoms with Crippen LogP contribution in [0.3, 0.4) is 0 Å². The molecule has 5 heterocycles. The second kappa shape index (κ2) is 90.6. The van der Waals surface area contributed by atoms with Gasteiger partial charge in [-0.25, -0.2) is 4.98 Å². The fraction of sp³-hybridized carbons (Fsp3) is 0.641. The highest BCUT2D eigenvalue weighted by molar-refractivity contribution is 4.88. The van der Waals surface area contributed by atoms with E-state index < -0.39 is 0 Å². The molecule has 0 amide bonds. The number of hydrogen-bond donors (Lipinski definition) is 0. The topological polar surface area (TPSA) is 102 Å². The summed E-state index contributed by atoms with van der Waals surface area (Å²) in [6, 6.07) is 5.89. The highest BCUT2D eigenvalue weighted by atomic mass is 15.4. The molecule has 0 saturated carbocycles. The van der Waals surface area contributed by atoms with Crippen molar-refractivity contribution in [1.82, 2.24) is 53.9 Å². The van der Waals surface area contributed by atoms with E-state index in [9.17, 15) is 0 Å². The molecule has 0 N–H and O–H groups in total. The van der Waals surface area contributed by atoms with Crippen molar-refractivity contribution in [3.05, 3.63) is 86.5 Å². The zero-order chi connectivity index (χ0) is 42.0. The first-order valence-electron chi connectivity index (χ1n) is 19.0. The molecule has 0 bridgehead atoms. The fourth-order valence-corrected chi connectivity index (χ4v) is 1.64. The third kappa shape index (κ3) is 84.6. The van der Waals surface area contributed by atoms with Gasteiger partial charge in [0.25, 0.3) is 0 Å². The molecule has 5 aromatic rings. The second-order valence-corrected chi connectivity index (χ2v) is 5.85. The summed E-state index contributed by atoms with van der Waals surface area (Å²) in [5.74, 6) is 0. The summed E-state index contributed by atoms with van der Waals surface area (Å²) < 4.78 is 7.28. The molecule has 0 fully saturated rings. The van der Waals surface area contributed by atoms with Crippen LogP contribution in [-0.4, -0.2) is 53.9 Å². The first-order chi connectivity index (χ1) is 24.5. The van der Waals surface area contributed by atoms with Crippen molar-refractivity contribution < 1.29 is 0 Å². The third-order valence-corrected chi connectivity index (χ3v) is 3.10. The summed E-state index contributed by atoms with van der Waals surface area (Å²) in [5.41, 5.74) is 0. The molecule has 0 unspecified atom stereocenters.